The Morgan fingerprint density at radius 3 is 1.86 bits per heavy atom. The largest absolute Gasteiger partial charge is 0.497 e. The van der Waals surface area contributed by atoms with Crippen LogP contribution < -0.4 is 9.47 Å². The van der Waals surface area contributed by atoms with Gasteiger partial charge >= 0.3 is 11.0 Å². The third-order valence-corrected chi connectivity index (χ3v) is 3.81. The van der Waals surface area contributed by atoms with Gasteiger partial charge in [-0.25, -0.2) is 0 Å². The van der Waals surface area contributed by atoms with Crippen LogP contribution in [0.15, 0.2) is 52.9 Å². The fourth-order valence-electron chi connectivity index (χ4n) is 1.89. The highest BCUT2D eigenvalue weighted by atomic mass is 32.1. The summed E-state index contributed by atoms with van der Waals surface area (Å²) in [6.45, 7) is 0. The Morgan fingerprint density at radius 1 is 0.810 bits per heavy atom. The van der Waals surface area contributed by atoms with Crippen molar-refractivity contribution in [2.24, 2.45) is 0 Å². The van der Waals surface area contributed by atoms with Crippen LogP contribution in [-0.4, -0.2) is 18.6 Å². The summed E-state index contributed by atoms with van der Waals surface area (Å²) in [5, 5.41) is 0.767. The van der Waals surface area contributed by atoms with E-state index >= 15 is 0 Å². The van der Waals surface area contributed by atoms with Crippen molar-refractivity contribution in [2.75, 3.05) is 14.2 Å². The average Bonchev–Trinajstić information content (AvgIpc) is 3.05. The molecule has 1 heterocycles. The van der Waals surface area contributed by atoms with Crippen molar-refractivity contribution in [3.05, 3.63) is 48.5 Å². The number of ether oxygens (including phenoxy) is 2. The molecule has 2 aromatic carbocycles. The van der Waals surface area contributed by atoms with E-state index in [1.807, 2.05) is 48.5 Å². The molecule has 1 aromatic heterocycles. The van der Waals surface area contributed by atoms with Gasteiger partial charge in [0.25, 0.3) is 0 Å². The third kappa shape index (κ3) is 2.87. The smallest absolute Gasteiger partial charge is 0.472 e. The minimum absolute atomic E-state index is 0.605. The molecule has 0 aliphatic carbocycles. The highest BCUT2D eigenvalue weighted by molar-refractivity contribution is 7.09. The van der Waals surface area contributed by atoms with Crippen LogP contribution in [0.1, 0.15) is 0 Å². The summed E-state index contributed by atoms with van der Waals surface area (Å²) in [5.74, 6) is 2.23. The maximum absolute atomic E-state index is 5.83. The Kier molecular flexibility index (Phi) is 3.83. The zero-order chi connectivity index (χ0) is 14.7. The van der Waals surface area contributed by atoms with Crippen molar-refractivity contribution < 1.29 is 13.9 Å². The van der Waals surface area contributed by atoms with E-state index in [-0.39, 0.29) is 0 Å². The van der Waals surface area contributed by atoms with Crippen LogP contribution in [0.4, 0.5) is 0 Å². The molecule has 0 amide bonds. The molecular weight excluding hydrogens is 286 g/mol. The molecule has 0 radical (unpaired) electrons. The highest BCUT2D eigenvalue weighted by Gasteiger charge is 2.23. The van der Waals surface area contributed by atoms with Crippen molar-refractivity contribution in [1.82, 2.24) is 4.37 Å². The molecule has 0 aliphatic rings. The van der Waals surface area contributed by atoms with Gasteiger partial charge in [-0.05, 0) is 48.5 Å². The second-order valence-electron chi connectivity index (χ2n) is 4.33. The molecule has 0 bridgehead atoms. The van der Waals surface area contributed by atoms with Gasteiger partial charge in [-0.1, -0.05) is 4.37 Å². The molecule has 4 nitrogen and oxygen atoms in total. The Bertz CT molecular complexity index is 658. The summed E-state index contributed by atoms with van der Waals surface area (Å²) in [4.78, 5) is 0. The van der Waals surface area contributed by atoms with E-state index in [0.29, 0.717) is 5.89 Å². The molecule has 3 rings (SSSR count). The van der Waals surface area contributed by atoms with Crippen LogP contribution in [0, 0.1) is 0 Å². The molecule has 0 aliphatic heterocycles. The molecule has 0 N–H and O–H groups in total. The first-order valence-electron chi connectivity index (χ1n) is 6.39. The Labute approximate surface area is 126 Å². The lowest BCUT2D eigenvalue weighted by Crippen LogP contribution is -1.82. The first kappa shape index (κ1) is 13.6. The summed E-state index contributed by atoms with van der Waals surface area (Å²) in [6, 6.07) is 15.3. The van der Waals surface area contributed by atoms with E-state index < -0.39 is 0 Å². The summed E-state index contributed by atoms with van der Waals surface area (Å²) >= 11 is 1.33. The first-order valence-corrected chi connectivity index (χ1v) is 7.16. The van der Waals surface area contributed by atoms with E-state index in [1.54, 1.807) is 14.2 Å². The van der Waals surface area contributed by atoms with Crippen LogP contribution in [-0.2, 0) is 0 Å². The molecule has 0 saturated heterocycles. The Morgan fingerprint density at radius 2 is 1.33 bits per heavy atom. The van der Waals surface area contributed by atoms with Crippen molar-refractivity contribution in [2.45, 2.75) is 0 Å². The zero-order valence-electron chi connectivity index (χ0n) is 11.7. The second-order valence-corrected chi connectivity index (χ2v) is 5.07. The maximum Gasteiger partial charge on any atom is 0.472 e. The van der Waals surface area contributed by atoms with Crippen LogP contribution in [0.3, 0.4) is 0 Å². The summed E-state index contributed by atoms with van der Waals surface area (Å²) in [5.41, 5.74) is 1.90. The molecule has 21 heavy (non-hydrogen) atoms. The molecule has 5 heteroatoms. The number of nitrogens with zero attached hydrogens (tertiary/aromatic N) is 1. The van der Waals surface area contributed by atoms with E-state index in [1.165, 1.54) is 11.5 Å². The molecule has 0 atom stereocenters. The van der Waals surface area contributed by atoms with E-state index in [0.717, 1.165) is 27.7 Å². The number of methoxy groups -OCH3 is 2. The summed E-state index contributed by atoms with van der Waals surface area (Å²) < 4.78 is 20.5. The van der Waals surface area contributed by atoms with Crippen LogP contribution in [0.2, 0.25) is 0 Å². The van der Waals surface area contributed by atoms with E-state index in [2.05, 4.69) is 4.37 Å². The maximum atomic E-state index is 5.83. The fourth-order valence-corrected chi connectivity index (χ4v) is 2.56. The number of rotatable bonds is 4. The Hall–Kier alpha value is -2.40. The monoisotopic (exact) mass is 300 g/mol. The molecule has 0 saturated carbocycles. The highest BCUT2D eigenvalue weighted by Crippen LogP contribution is 2.31. The van der Waals surface area contributed by atoms with Crippen molar-refractivity contribution in [3.8, 4) is 33.6 Å². The third-order valence-electron chi connectivity index (χ3n) is 3.06. The molecule has 0 fully saturated rings. The minimum atomic E-state index is 0.605. The number of benzene rings is 2. The topological polar surface area (TPSA) is 42.7 Å². The molecule has 0 spiro atoms. The predicted octanol–water partition coefficient (Wildman–Crippen LogP) is 4.37. The van der Waals surface area contributed by atoms with Gasteiger partial charge in [0.1, 0.15) is 17.1 Å². The second kappa shape index (κ2) is 5.93. The minimum Gasteiger partial charge on any atom is -0.497 e. The van der Waals surface area contributed by atoms with E-state index in [4.69, 9.17) is 13.9 Å². The summed E-state index contributed by atoms with van der Waals surface area (Å²) in [6.07, 6.45) is 0. The lowest BCUT2D eigenvalue weighted by Gasteiger charge is -1.97. The van der Waals surface area contributed by atoms with Crippen molar-refractivity contribution in [1.29, 1.82) is 0 Å². The molecule has 0 unspecified atom stereocenters. The zero-order valence-corrected chi connectivity index (χ0v) is 12.5. The van der Waals surface area contributed by atoms with Gasteiger partial charge in [-0.3, -0.25) is 0 Å². The molecule has 3 aromatic rings. The predicted molar refractivity (Wildman–Crippen MR) is 82.8 cm³/mol. The van der Waals surface area contributed by atoms with E-state index in [9.17, 15) is 0 Å². The summed E-state index contributed by atoms with van der Waals surface area (Å²) in [7, 11) is 3.29. The van der Waals surface area contributed by atoms with Gasteiger partial charge in [-0.2, -0.15) is 4.42 Å². The number of hydrogen-bond donors (Lipinski definition) is 0. The lowest BCUT2D eigenvalue weighted by molar-refractivity contribution is 0.415. The molecular formula is C16H14NO3S+. The van der Waals surface area contributed by atoms with Crippen molar-refractivity contribution >= 4 is 11.5 Å². The van der Waals surface area contributed by atoms with Gasteiger partial charge in [-0.15, -0.1) is 0 Å². The fraction of sp³-hybridized carbons (Fsp3) is 0.125. The van der Waals surface area contributed by atoms with Gasteiger partial charge < -0.3 is 9.47 Å². The SMILES string of the molecule is COc1ccc(-c2nsc(-c3ccc(OC)cc3)[o+]2)cc1. The van der Waals surface area contributed by atoms with Gasteiger partial charge in [0.15, 0.2) is 0 Å². The quantitative estimate of drug-likeness (QED) is 0.671. The van der Waals surface area contributed by atoms with Gasteiger partial charge in [0.05, 0.1) is 31.3 Å². The Balaban J connectivity index is 1.87. The first-order chi connectivity index (χ1) is 10.3. The normalized spacial score (nSPS) is 10.4. The van der Waals surface area contributed by atoms with Crippen LogP contribution in [0.5, 0.6) is 11.5 Å². The van der Waals surface area contributed by atoms with Gasteiger partial charge in [0.2, 0.25) is 0 Å². The van der Waals surface area contributed by atoms with Crippen LogP contribution >= 0.6 is 11.5 Å². The standard InChI is InChI=1S/C16H14NO3S/c1-18-13-7-3-11(4-8-13)15-17-21-16(20-15)12-5-9-14(19-2)10-6-12/h3-10H,1-2H3/q+1. The lowest BCUT2D eigenvalue weighted by atomic mass is 10.2. The molecule has 106 valence electrons. The van der Waals surface area contributed by atoms with Crippen molar-refractivity contribution in [3.63, 3.8) is 0 Å². The average molecular weight is 300 g/mol. The number of aromatic nitrogens is 1. The van der Waals surface area contributed by atoms with Crippen LogP contribution in [0.25, 0.3) is 22.1 Å². The van der Waals surface area contributed by atoms with Gasteiger partial charge in [0, 0.05) is 0 Å². The number of hydrogen-bond acceptors (Lipinski definition) is 4.